The highest BCUT2D eigenvalue weighted by atomic mass is 35.5. The number of aromatic nitrogens is 1. The molecular formula is C14H17ClN2O. The molecule has 1 fully saturated rings. The van der Waals surface area contributed by atoms with Crippen LogP contribution in [-0.4, -0.2) is 16.1 Å². The third-order valence-electron chi connectivity index (χ3n) is 3.63. The van der Waals surface area contributed by atoms with Crippen molar-refractivity contribution in [3.05, 3.63) is 28.9 Å². The van der Waals surface area contributed by atoms with Gasteiger partial charge in [0, 0.05) is 22.1 Å². The molecular weight excluding hydrogens is 248 g/mol. The number of benzene rings is 1. The second kappa shape index (κ2) is 4.82. The van der Waals surface area contributed by atoms with E-state index in [1.165, 1.54) is 25.7 Å². The third-order valence-corrected chi connectivity index (χ3v) is 3.85. The Labute approximate surface area is 111 Å². The first-order valence-electron chi connectivity index (χ1n) is 6.45. The lowest BCUT2D eigenvalue weighted by Gasteiger charge is -2.14. The average molecular weight is 265 g/mol. The van der Waals surface area contributed by atoms with Gasteiger partial charge in [-0.15, -0.1) is 0 Å². The lowest BCUT2D eigenvalue weighted by atomic mass is 10.2. The largest absolute Gasteiger partial charge is 0.390 e. The van der Waals surface area contributed by atoms with Crippen LogP contribution in [0.2, 0.25) is 5.02 Å². The number of hydrogen-bond acceptors (Lipinski definition) is 2. The first kappa shape index (κ1) is 11.9. The second-order valence-electron chi connectivity index (χ2n) is 5.00. The fourth-order valence-corrected chi connectivity index (χ4v) is 2.98. The molecule has 4 heteroatoms. The van der Waals surface area contributed by atoms with E-state index in [1.54, 1.807) is 0 Å². The molecule has 1 aromatic carbocycles. The maximum absolute atomic E-state index is 9.20. The molecule has 18 heavy (non-hydrogen) atoms. The highest BCUT2D eigenvalue weighted by Crippen LogP contribution is 2.31. The van der Waals surface area contributed by atoms with Gasteiger partial charge in [-0.25, -0.2) is 0 Å². The molecule has 2 aromatic rings. The number of nitrogens with one attached hydrogen (secondary N) is 2. The molecule has 0 unspecified atom stereocenters. The minimum Gasteiger partial charge on any atom is -0.390 e. The summed E-state index contributed by atoms with van der Waals surface area (Å²) in [5, 5.41) is 14.5. The smallest absolute Gasteiger partial charge is 0.0831 e. The zero-order chi connectivity index (χ0) is 12.5. The molecule has 0 saturated heterocycles. The van der Waals surface area contributed by atoms with E-state index in [0.29, 0.717) is 6.04 Å². The Morgan fingerprint density at radius 3 is 2.78 bits per heavy atom. The van der Waals surface area contributed by atoms with Gasteiger partial charge in [-0.3, -0.25) is 0 Å². The van der Waals surface area contributed by atoms with Crippen molar-refractivity contribution in [2.45, 2.75) is 38.3 Å². The van der Waals surface area contributed by atoms with Gasteiger partial charge in [-0.1, -0.05) is 24.4 Å². The molecule has 0 bridgehead atoms. The highest BCUT2D eigenvalue weighted by Gasteiger charge is 2.16. The van der Waals surface area contributed by atoms with Crippen LogP contribution in [0.3, 0.4) is 0 Å². The average Bonchev–Trinajstić information content (AvgIpc) is 2.97. The predicted octanol–water partition coefficient (Wildman–Crippen LogP) is 3.67. The molecule has 1 aliphatic carbocycles. The van der Waals surface area contributed by atoms with Crippen molar-refractivity contribution in [2.75, 3.05) is 5.32 Å². The number of rotatable bonds is 3. The summed E-state index contributed by atoms with van der Waals surface area (Å²) in [6.45, 7) is 0.0230. The van der Waals surface area contributed by atoms with Crippen molar-refractivity contribution in [3.8, 4) is 0 Å². The van der Waals surface area contributed by atoms with Crippen molar-refractivity contribution in [1.82, 2.24) is 4.98 Å². The van der Waals surface area contributed by atoms with Crippen molar-refractivity contribution in [2.24, 2.45) is 0 Å². The van der Waals surface area contributed by atoms with Crippen LogP contribution in [0.4, 0.5) is 5.69 Å². The summed E-state index contributed by atoms with van der Waals surface area (Å²) >= 11 is 6.15. The summed E-state index contributed by atoms with van der Waals surface area (Å²) in [5.41, 5.74) is 2.90. The van der Waals surface area contributed by atoms with Gasteiger partial charge in [0.1, 0.15) is 0 Å². The quantitative estimate of drug-likeness (QED) is 0.792. The first-order chi connectivity index (χ1) is 8.76. The SMILES string of the molecule is OCc1cc2cc(Cl)cc(NC3CCCC3)c2[nH]1. The Morgan fingerprint density at radius 1 is 1.28 bits per heavy atom. The van der Waals surface area contributed by atoms with Crippen LogP contribution < -0.4 is 5.32 Å². The van der Waals surface area contributed by atoms with Gasteiger partial charge in [0.2, 0.25) is 0 Å². The number of hydrogen-bond donors (Lipinski definition) is 3. The monoisotopic (exact) mass is 264 g/mol. The molecule has 3 rings (SSSR count). The number of aliphatic hydroxyl groups excluding tert-OH is 1. The third kappa shape index (κ3) is 2.20. The van der Waals surface area contributed by atoms with Crippen LogP contribution in [0.25, 0.3) is 10.9 Å². The topological polar surface area (TPSA) is 48.0 Å². The Morgan fingerprint density at radius 2 is 2.06 bits per heavy atom. The fraction of sp³-hybridized carbons (Fsp3) is 0.429. The molecule has 0 aliphatic heterocycles. The number of anilines is 1. The fourth-order valence-electron chi connectivity index (χ4n) is 2.75. The summed E-state index contributed by atoms with van der Waals surface area (Å²) in [6.07, 6.45) is 5.05. The van der Waals surface area contributed by atoms with Crippen molar-refractivity contribution in [3.63, 3.8) is 0 Å². The Kier molecular flexibility index (Phi) is 3.18. The van der Waals surface area contributed by atoms with Gasteiger partial charge in [0.05, 0.1) is 17.8 Å². The zero-order valence-corrected chi connectivity index (χ0v) is 10.9. The van der Waals surface area contributed by atoms with E-state index in [0.717, 1.165) is 27.3 Å². The van der Waals surface area contributed by atoms with E-state index < -0.39 is 0 Å². The van der Waals surface area contributed by atoms with Gasteiger partial charge >= 0.3 is 0 Å². The Hall–Kier alpha value is -1.19. The number of aliphatic hydroxyl groups is 1. The molecule has 0 radical (unpaired) electrons. The number of halogens is 1. The lowest BCUT2D eigenvalue weighted by Crippen LogP contribution is -2.14. The van der Waals surface area contributed by atoms with E-state index in [2.05, 4.69) is 10.3 Å². The number of fused-ring (bicyclic) bond motifs is 1. The van der Waals surface area contributed by atoms with E-state index >= 15 is 0 Å². The van der Waals surface area contributed by atoms with Crippen molar-refractivity contribution in [1.29, 1.82) is 0 Å². The molecule has 0 atom stereocenters. The molecule has 1 aromatic heterocycles. The maximum atomic E-state index is 9.20. The Balaban J connectivity index is 2.00. The van der Waals surface area contributed by atoms with Crippen LogP contribution in [0.15, 0.2) is 18.2 Å². The molecule has 0 amide bonds. The molecule has 96 valence electrons. The lowest BCUT2D eigenvalue weighted by molar-refractivity contribution is 0.278. The minimum atomic E-state index is 0.0230. The highest BCUT2D eigenvalue weighted by molar-refractivity contribution is 6.31. The second-order valence-corrected chi connectivity index (χ2v) is 5.43. The number of H-pyrrole nitrogens is 1. The van der Waals surface area contributed by atoms with Gasteiger partial charge < -0.3 is 15.4 Å². The molecule has 0 spiro atoms. The van der Waals surface area contributed by atoms with Crippen LogP contribution in [0.5, 0.6) is 0 Å². The summed E-state index contributed by atoms with van der Waals surface area (Å²) < 4.78 is 0. The van der Waals surface area contributed by atoms with Crippen LogP contribution in [0.1, 0.15) is 31.4 Å². The zero-order valence-electron chi connectivity index (χ0n) is 10.2. The van der Waals surface area contributed by atoms with Crippen molar-refractivity contribution < 1.29 is 5.11 Å². The van der Waals surface area contributed by atoms with E-state index in [-0.39, 0.29) is 6.61 Å². The molecule has 1 saturated carbocycles. The van der Waals surface area contributed by atoms with Gasteiger partial charge in [-0.05, 0) is 31.0 Å². The van der Waals surface area contributed by atoms with E-state index in [9.17, 15) is 5.11 Å². The Bertz CT molecular complexity index is 558. The summed E-state index contributed by atoms with van der Waals surface area (Å²) in [4.78, 5) is 3.24. The number of aromatic amines is 1. The van der Waals surface area contributed by atoms with Crippen LogP contribution in [-0.2, 0) is 6.61 Å². The van der Waals surface area contributed by atoms with Gasteiger partial charge in [0.25, 0.3) is 0 Å². The first-order valence-corrected chi connectivity index (χ1v) is 6.82. The molecule has 1 heterocycles. The summed E-state index contributed by atoms with van der Waals surface area (Å²) in [6, 6.07) is 6.38. The van der Waals surface area contributed by atoms with Crippen LogP contribution >= 0.6 is 11.6 Å². The maximum Gasteiger partial charge on any atom is 0.0831 e. The molecule has 3 nitrogen and oxygen atoms in total. The standard InChI is InChI=1S/C14H17ClN2O/c15-10-5-9-6-12(8-18)17-14(9)13(7-10)16-11-3-1-2-4-11/h5-7,11,16-18H,1-4,8H2. The van der Waals surface area contributed by atoms with Crippen molar-refractivity contribution >= 4 is 28.2 Å². The van der Waals surface area contributed by atoms with E-state index in [1.807, 2.05) is 18.2 Å². The molecule has 3 N–H and O–H groups in total. The summed E-state index contributed by atoms with van der Waals surface area (Å²) in [7, 11) is 0. The summed E-state index contributed by atoms with van der Waals surface area (Å²) in [5.74, 6) is 0. The molecule has 1 aliphatic rings. The van der Waals surface area contributed by atoms with E-state index in [4.69, 9.17) is 11.6 Å². The minimum absolute atomic E-state index is 0.0230. The predicted molar refractivity (Wildman–Crippen MR) is 75.1 cm³/mol. The normalized spacial score (nSPS) is 16.6. The van der Waals surface area contributed by atoms with Gasteiger partial charge in [-0.2, -0.15) is 0 Å². The van der Waals surface area contributed by atoms with Gasteiger partial charge in [0.15, 0.2) is 0 Å². The van der Waals surface area contributed by atoms with Crippen LogP contribution in [0, 0.1) is 0 Å².